The van der Waals surface area contributed by atoms with Crippen molar-refractivity contribution in [3.05, 3.63) is 0 Å². The minimum absolute atomic E-state index is 0.315. The molecule has 0 aliphatic carbocycles. The van der Waals surface area contributed by atoms with E-state index < -0.39 is 30.0 Å². The topological polar surface area (TPSA) is 133 Å². The smallest absolute Gasteiger partial charge is 0.323 e. The predicted molar refractivity (Wildman–Crippen MR) is 66.8 cm³/mol. The normalized spacial score (nSPS) is 14.5. The Labute approximate surface area is 111 Å². The van der Waals surface area contributed by atoms with Gasteiger partial charge in [0.25, 0.3) is 0 Å². The number of nitrogens with zero attached hydrogens (tertiary/aromatic N) is 1. The number of aliphatic carboxylic acids is 1. The number of carboxylic acid groups (broad SMARTS) is 1. The van der Waals surface area contributed by atoms with Gasteiger partial charge < -0.3 is 25.8 Å². The number of primary amides is 1. The summed E-state index contributed by atoms with van der Waals surface area (Å²) >= 11 is 0. The van der Waals surface area contributed by atoms with Gasteiger partial charge in [-0.1, -0.05) is 0 Å². The summed E-state index contributed by atoms with van der Waals surface area (Å²) < 4.78 is 5.46. The largest absolute Gasteiger partial charge is 0.481 e. The number of quaternary nitrogens is 1. The summed E-state index contributed by atoms with van der Waals surface area (Å²) in [6.07, 6.45) is -1.45. The van der Waals surface area contributed by atoms with Crippen LogP contribution in [0.2, 0.25) is 0 Å². The first kappa shape index (κ1) is 17.3. The summed E-state index contributed by atoms with van der Waals surface area (Å²) in [6.45, 7) is 0.321. The van der Waals surface area contributed by atoms with Gasteiger partial charge in [0.15, 0.2) is 6.10 Å². The van der Waals surface area contributed by atoms with Gasteiger partial charge in [-0.15, -0.1) is 0 Å². The zero-order valence-corrected chi connectivity index (χ0v) is 11.5. The monoisotopic (exact) mass is 276 g/mol. The number of rotatable bonds is 8. The van der Waals surface area contributed by atoms with Crippen molar-refractivity contribution in [3.63, 3.8) is 0 Å². The zero-order valence-electron chi connectivity index (χ0n) is 11.5. The van der Waals surface area contributed by atoms with Crippen LogP contribution >= 0.6 is 0 Å². The molecule has 1 amide bonds. The SMILES string of the molecule is C[N+](C)(C)C[C@@H](CC(=O)O)OC(=O)[C@@H](N)CC(N)=O. The van der Waals surface area contributed by atoms with Gasteiger partial charge in [0.2, 0.25) is 5.91 Å². The van der Waals surface area contributed by atoms with Crippen LogP contribution < -0.4 is 11.5 Å². The van der Waals surface area contributed by atoms with Crippen LogP contribution in [0.25, 0.3) is 0 Å². The van der Waals surface area contributed by atoms with Gasteiger partial charge in [0, 0.05) is 0 Å². The van der Waals surface area contributed by atoms with Crippen LogP contribution in [0.4, 0.5) is 0 Å². The van der Waals surface area contributed by atoms with Crippen molar-refractivity contribution >= 4 is 17.8 Å². The molecular weight excluding hydrogens is 254 g/mol. The Hall–Kier alpha value is -1.67. The van der Waals surface area contributed by atoms with E-state index in [1.54, 1.807) is 0 Å². The van der Waals surface area contributed by atoms with Gasteiger partial charge in [-0.05, 0) is 0 Å². The number of ether oxygens (including phenoxy) is 1. The maximum atomic E-state index is 11.6. The van der Waals surface area contributed by atoms with Gasteiger partial charge in [-0.25, -0.2) is 0 Å². The van der Waals surface area contributed by atoms with E-state index in [1.807, 2.05) is 21.1 Å². The zero-order chi connectivity index (χ0) is 15.2. The third kappa shape index (κ3) is 8.97. The highest BCUT2D eigenvalue weighted by Crippen LogP contribution is 2.07. The van der Waals surface area contributed by atoms with Crippen LogP contribution in [-0.2, 0) is 19.1 Å². The quantitative estimate of drug-likeness (QED) is 0.357. The minimum Gasteiger partial charge on any atom is -0.481 e. The van der Waals surface area contributed by atoms with E-state index >= 15 is 0 Å². The van der Waals surface area contributed by atoms with Crippen LogP contribution in [0.5, 0.6) is 0 Å². The second-order valence-electron chi connectivity index (χ2n) is 5.41. The highest BCUT2D eigenvalue weighted by molar-refractivity contribution is 5.84. The van der Waals surface area contributed by atoms with E-state index in [0.717, 1.165) is 0 Å². The number of carboxylic acids is 1. The van der Waals surface area contributed by atoms with Crippen LogP contribution in [0, 0.1) is 0 Å². The van der Waals surface area contributed by atoms with Crippen LogP contribution in [0.15, 0.2) is 0 Å². The molecule has 0 aromatic carbocycles. The number of carbonyl (C=O) groups excluding carboxylic acids is 2. The van der Waals surface area contributed by atoms with Crippen LogP contribution in [0.3, 0.4) is 0 Å². The third-order valence-corrected chi connectivity index (χ3v) is 2.16. The highest BCUT2D eigenvalue weighted by atomic mass is 16.5. The predicted octanol–water partition coefficient (Wildman–Crippen LogP) is -1.72. The highest BCUT2D eigenvalue weighted by Gasteiger charge is 2.27. The minimum atomic E-state index is -1.17. The second kappa shape index (κ2) is 7.05. The standard InChI is InChI=1S/C11H21N3O5/c1-14(2,3)6-7(4-10(16)17)19-11(18)8(12)5-9(13)15/h7-8H,4-6,12H2,1-3H3,(H2-,13,15,16,17)/p+1/t7-,8+/m1/s1. The summed E-state index contributed by atoms with van der Waals surface area (Å²) in [4.78, 5) is 33.0. The number of esters is 1. The molecule has 8 heteroatoms. The van der Waals surface area contributed by atoms with Crippen molar-refractivity contribution in [1.29, 1.82) is 0 Å². The van der Waals surface area contributed by atoms with Crippen molar-refractivity contribution in [2.45, 2.75) is 25.0 Å². The summed E-state index contributed by atoms with van der Waals surface area (Å²) in [5, 5.41) is 8.77. The number of carbonyl (C=O) groups is 3. The maximum Gasteiger partial charge on any atom is 0.323 e. The van der Waals surface area contributed by atoms with E-state index in [0.29, 0.717) is 11.0 Å². The number of likely N-dealkylation sites (N-methyl/N-ethyl adjacent to an activating group) is 1. The lowest BCUT2D eigenvalue weighted by molar-refractivity contribution is -0.873. The number of hydrogen-bond donors (Lipinski definition) is 3. The molecule has 0 aliphatic rings. The number of amides is 1. The molecule has 19 heavy (non-hydrogen) atoms. The lowest BCUT2D eigenvalue weighted by Crippen LogP contribution is -2.46. The molecule has 0 saturated carbocycles. The van der Waals surface area contributed by atoms with E-state index in [1.165, 1.54) is 0 Å². The first-order chi connectivity index (χ1) is 8.51. The summed E-state index contributed by atoms with van der Waals surface area (Å²) in [7, 11) is 5.52. The Morgan fingerprint density at radius 3 is 2.11 bits per heavy atom. The van der Waals surface area contributed by atoms with Crippen molar-refractivity contribution < 1.29 is 28.7 Å². The number of nitrogens with two attached hydrogens (primary N) is 2. The van der Waals surface area contributed by atoms with Gasteiger partial charge in [-0.2, -0.15) is 0 Å². The molecule has 5 N–H and O–H groups in total. The average molecular weight is 276 g/mol. The molecule has 0 heterocycles. The van der Waals surface area contributed by atoms with Crippen molar-refractivity contribution in [2.75, 3.05) is 27.7 Å². The molecule has 2 atom stereocenters. The summed E-state index contributed by atoms with van der Waals surface area (Å²) in [5.74, 6) is -2.61. The molecule has 0 aromatic rings. The Balaban J connectivity index is 4.58. The van der Waals surface area contributed by atoms with E-state index in [4.69, 9.17) is 21.3 Å². The van der Waals surface area contributed by atoms with Crippen molar-refractivity contribution in [2.24, 2.45) is 11.5 Å². The first-order valence-corrected chi connectivity index (χ1v) is 5.78. The van der Waals surface area contributed by atoms with Crippen LogP contribution in [-0.4, -0.2) is 67.3 Å². The molecule has 8 nitrogen and oxygen atoms in total. The Morgan fingerprint density at radius 2 is 1.74 bits per heavy atom. The fraction of sp³-hybridized carbons (Fsp3) is 0.727. The lowest BCUT2D eigenvalue weighted by atomic mass is 10.2. The van der Waals surface area contributed by atoms with Gasteiger partial charge in [0.05, 0.1) is 34.0 Å². The summed E-state index contributed by atoms with van der Waals surface area (Å²) in [6, 6.07) is -1.17. The van der Waals surface area contributed by atoms with E-state index in [9.17, 15) is 14.4 Å². The molecule has 0 spiro atoms. The molecule has 0 bridgehead atoms. The first-order valence-electron chi connectivity index (χ1n) is 5.78. The number of hydrogen-bond acceptors (Lipinski definition) is 5. The fourth-order valence-electron chi connectivity index (χ4n) is 1.50. The molecule has 0 aromatic heterocycles. The van der Waals surface area contributed by atoms with Crippen LogP contribution in [0.1, 0.15) is 12.8 Å². The Bertz CT molecular complexity index is 351. The Morgan fingerprint density at radius 1 is 1.21 bits per heavy atom. The lowest BCUT2D eigenvalue weighted by Gasteiger charge is -2.28. The molecule has 0 rings (SSSR count). The van der Waals surface area contributed by atoms with E-state index in [-0.39, 0.29) is 12.8 Å². The molecule has 0 radical (unpaired) electrons. The van der Waals surface area contributed by atoms with E-state index in [2.05, 4.69) is 0 Å². The molecule has 110 valence electrons. The Kier molecular flexibility index (Phi) is 6.43. The fourth-order valence-corrected chi connectivity index (χ4v) is 1.50. The molecule has 0 fully saturated rings. The van der Waals surface area contributed by atoms with Gasteiger partial charge >= 0.3 is 11.9 Å². The third-order valence-electron chi connectivity index (χ3n) is 2.16. The maximum absolute atomic E-state index is 11.6. The van der Waals surface area contributed by atoms with Crippen molar-refractivity contribution in [3.8, 4) is 0 Å². The van der Waals surface area contributed by atoms with Crippen molar-refractivity contribution in [1.82, 2.24) is 0 Å². The molecular formula is C11H22N3O5+. The molecule has 0 unspecified atom stereocenters. The van der Waals surface area contributed by atoms with Gasteiger partial charge in [0.1, 0.15) is 12.6 Å². The second-order valence-corrected chi connectivity index (χ2v) is 5.41. The average Bonchev–Trinajstić information content (AvgIpc) is 2.11. The molecule has 0 aliphatic heterocycles. The molecule has 0 saturated heterocycles. The van der Waals surface area contributed by atoms with Gasteiger partial charge in [-0.3, -0.25) is 14.4 Å². The summed E-state index contributed by atoms with van der Waals surface area (Å²) in [5.41, 5.74) is 10.4.